The molecule has 0 aromatic carbocycles. The van der Waals surface area contributed by atoms with Crippen molar-refractivity contribution in [1.29, 1.82) is 0 Å². The number of hydrogen-bond donors (Lipinski definition) is 0. The molecule has 0 heterocycles. The SMILES string of the molecule is CC(C)(C)[C]1[CH][CH][CH][CH]1.CC(C)(C)[C]1[CH][CH][CH][CH]1.CC(C)[S-].[S]=[Ta]. The van der Waals surface area contributed by atoms with E-state index in [0.717, 1.165) is 19.2 Å². The Kier molecular flexibility index (Phi) is 16.5. The van der Waals surface area contributed by atoms with Crippen LogP contribution in [0.4, 0.5) is 0 Å². The minimum absolute atomic E-state index is 0.323. The summed E-state index contributed by atoms with van der Waals surface area (Å²) in [7, 11) is 4.19. The second kappa shape index (κ2) is 14.4. The summed E-state index contributed by atoms with van der Waals surface area (Å²) in [6, 6.07) is 0. The predicted molar refractivity (Wildman–Crippen MR) is 110 cm³/mol. The first-order valence-corrected chi connectivity index (χ1v) is 13.0. The third kappa shape index (κ3) is 15.6. The quantitative estimate of drug-likeness (QED) is 0.330. The van der Waals surface area contributed by atoms with Crippen LogP contribution in [0.1, 0.15) is 55.4 Å². The van der Waals surface area contributed by atoms with Crippen LogP contribution in [0.5, 0.6) is 0 Å². The molecule has 0 nitrogen and oxygen atoms in total. The van der Waals surface area contributed by atoms with Crippen LogP contribution in [0, 0.1) is 74.0 Å². The average molecular weight is 531 g/mol. The maximum atomic E-state index is 4.62. The van der Waals surface area contributed by atoms with Gasteiger partial charge in [0.05, 0.1) is 0 Å². The summed E-state index contributed by atoms with van der Waals surface area (Å²) in [6.45, 7) is 17.3. The molecule has 2 aliphatic rings. The number of rotatable bonds is 0. The van der Waals surface area contributed by atoms with E-state index in [1.54, 1.807) is 0 Å². The van der Waals surface area contributed by atoms with Gasteiger partial charge in [0, 0.05) is 0 Å². The van der Waals surface area contributed by atoms with E-state index < -0.39 is 0 Å². The van der Waals surface area contributed by atoms with Crippen molar-refractivity contribution in [1.82, 2.24) is 0 Å². The molecule has 0 bridgehead atoms. The third-order valence-electron chi connectivity index (χ3n) is 3.06. The Morgan fingerprint density at radius 1 is 0.708 bits per heavy atom. The first-order valence-electron chi connectivity index (χ1n) is 8.23. The molecule has 3 heteroatoms. The van der Waals surface area contributed by atoms with Crippen molar-refractivity contribution in [2.24, 2.45) is 10.8 Å². The van der Waals surface area contributed by atoms with Crippen molar-refractivity contribution in [2.45, 2.75) is 60.6 Å². The van der Waals surface area contributed by atoms with Gasteiger partial charge in [0.15, 0.2) is 0 Å². The van der Waals surface area contributed by atoms with E-state index in [2.05, 4.69) is 115 Å². The van der Waals surface area contributed by atoms with Gasteiger partial charge in [0.2, 0.25) is 0 Å². The van der Waals surface area contributed by atoms with Gasteiger partial charge in [-0.25, -0.2) is 0 Å². The summed E-state index contributed by atoms with van der Waals surface area (Å²) in [5.74, 6) is 2.84. The zero-order chi connectivity index (χ0) is 19.4. The Morgan fingerprint density at radius 2 is 0.875 bits per heavy atom. The van der Waals surface area contributed by atoms with Crippen LogP contribution in [-0.4, -0.2) is 5.25 Å². The fourth-order valence-electron chi connectivity index (χ4n) is 1.75. The van der Waals surface area contributed by atoms with Gasteiger partial charge in [-0.2, -0.15) is 5.25 Å². The predicted octanol–water partition coefficient (Wildman–Crippen LogP) is 6.46. The van der Waals surface area contributed by atoms with Crippen molar-refractivity contribution in [3.05, 3.63) is 63.2 Å². The summed E-state index contributed by atoms with van der Waals surface area (Å²) in [4.78, 5) is 0. The molecule has 10 radical (unpaired) electrons. The minimum atomic E-state index is 0.323. The van der Waals surface area contributed by atoms with E-state index >= 15 is 0 Å². The molecular formula is C21H33S2Ta-. The van der Waals surface area contributed by atoms with E-state index in [9.17, 15) is 0 Å². The Balaban J connectivity index is 0. The normalized spacial score (nSPS) is 18.9. The second-order valence-electron chi connectivity index (χ2n) is 7.90. The Hall–Kier alpha value is 1.31. The molecule has 0 aromatic rings. The molecule has 135 valence electrons. The van der Waals surface area contributed by atoms with Crippen LogP contribution in [0.25, 0.3) is 0 Å². The topological polar surface area (TPSA) is 0 Å². The summed E-state index contributed by atoms with van der Waals surface area (Å²) >= 11 is 5.65. The monoisotopic (exact) mass is 530 g/mol. The molecule has 2 rings (SSSR count). The molecule has 0 aromatic heterocycles. The van der Waals surface area contributed by atoms with E-state index in [1.807, 2.05) is 13.8 Å². The van der Waals surface area contributed by atoms with Crippen molar-refractivity contribution in [3.63, 3.8) is 0 Å². The summed E-state index contributed by atoms with van der Waals surface area (Å²) in [6.07, 6.45) is 17.0. The zero-order valence-electron chi connectivity index (χ0n) is 16.5. The molecule has 0 aliphatic heterocycles. The standard InChI is InChI=1S/2C9H13.C3H8S.S.Ta/c2*1-9(2,3)8-6-4-5-7-8;1-3(2)4;;/h2*4-7H,1-3H3;3-4H,1-2H3;;/p-1. The molecule has 2 saturated carbocycles. The van der Waals surface area contributed by atoms with Crippen molar-refractivity contribution < 1.29 is 19.2 Å². The van der Waals surface area contributed by atoms with Crippen molar-refractivity contribution in [3.8, 4) is 0 Å². The van der Waals surface area contributed by atoms with E-state index in [0.29, 0.717) is 16.1 Å². The maximum absolute atomic E-state index is 4.62. The van der Waals surface area contributed by atoms with Gasteiger partial charge in [-0.05, 0) is 74.0 Å². The zero-order valence-corrected chi connectivity index (χ0v) is 21.3. The van der Waals surface area contributed by atoms with Crippen LogP contribution in [0.3, 0.4) is 0 Å². The van der Waals surface area contributed by atoms with E-state index in [1.165, 1.54) is 11.8 Å². The Morgan fingerprint density at radius 3 is 0.958 bits per heavy atom. The fraction of sp³-hybridized carbons (Fsp3) is 0.524. The molecule has 2 aliphatic carbocycles. The van der Waals surface area contributed by atoms with Gasteiger partial charge in [-0.15, -0.1) is 0 Å². The second-order valence-corrected chi connectivity index (χ2v) is 8.84. The summed E-state index contributed by atoms with van der Waals surface area (Å²) < 4.78 is 0. The van der Waals surface area contributed by atoms with Gasteiger partial charge >= 0.3 is 28.8 Å². The van der Waals surface area contributed by atoms with Crippen molar-refractivity contribution in [2.75, 3.05) is 0 Å². The molecule has 0 saturated heterocycles. The van der Waals surface area contributed by atoms with Gasteiger partial charge in [0.25, 0.3) is 0 Å². The van der Waals surface area contributed by atoms with Gasteiger partial charge in [0.1, 0.15) is 0 Å². The Bertz CT molecular complexity index is 248. The van der Waals surface area contributed by atoms with Crippen LogP contribution >= 0.6 is 9.58 Å². The van der Waals surface area contributed by atoms with Crippen LogP contribution in [-0.2, 0) is 31.8 Å². The summed E-state index contributed by atoms with van der Waals surface area (Å²) in [5.41, 5.74) is 0.646. The molecular weight excluding hydrogens is 497 g/mol. The van der Waals surface area contributed by atoms with E-state index in [-0.39, 0.29) is 0 Å². The third-order valence-corrected chi connectivity index (χ3v) is 3.06. The molecule has 0 atom stereocenters. The van der Waals surface area contributed by atoms with Crippen LogP contribution in [0.15, 0.2) is 0 Å². The fourth-order valence-corrected chi connectivity index (χ4v) is 1.75. The van der Waals surface area contributed by atoms with Gasteiger partial charge < -0.3 is 12.6 Å². The van der Waals surface area contributed by atoms with Gasteiger partial charge in [-0.3, -0.25) is 0 Å². The first kappa shape index (κ1) is 27.5. The average Bonchev–Trinajstić information content (AvgIpc) is 3.14. The first-order chi connectivity index (χ1) is 10.9. The number of hydrogen-bond acceptors (Lipinski definition) is 2. The Labute approximate surface area is 175 Å². The van der Waals surface area contributed by atoms with E-state index in [4.69, 9.17) is 0 Å². The molecule has 0 unspecified atom stereocenters. The molecule has 24 heavy (non-hydrogen) atoms. The summed E-state index contributed by atoms with van der Waals surface area (Å²) in [5, 5.41) is 0.417. The molecule has 0 spiro atoms. The molecule has 0 N–H and O–H groups in total. The molecule has 2 fully saturated rings. The van der Waals surface area contributed by atoms with Crippen LogP contribution < -0.4 is 0 Å². The molecule has 0 amide bonds. The van der Waals surface area contributed by atoms with Crippen molar-refractivity contribution >= 4 is 22.2 Å². The van der Waals surface area contributed by atoms with Gasteiger partial charge in [-0.1, -0.05) is 55.4 Å². The van der Waals surface area contributed by atoms with Crippen LogP contribution in [0.2, 0.25) is 0 Å².